The summed E-state index contributed by atoms with van der Waals surface area (Å²) in [6.45, 7) is 7.42. The Bertz CT molecular complexity index is 1020. The monoisotopic (exact) mass is 450 g/mol. The van der Waals surface area contributed by atoms with Crippen LogP contribution in [0.4, 0.5) is 10.3 Å². The van der Waals surface area contributed by atoms with E-state index < -0.39 is 28.0 Å². The fourth-order valence-electron chi connectivity index (χ4n) is 2.88. The Morgan fingerprint density at radius 2 is 1.81 bits per heavy atom. The van der Waals surface area contributed by atoms with E-state index in [0.717, 1.165) is 10.6 Å². The molecule has 170 valence electrons. The van der Waals surface area contributed by atoms with E-state index in [1.165, 1.54) is 25.3 Å². The minimum absolute atomic E-state index is 0.00398. The first-order valence-electron chi connectivity index (χ1n) is 9.89. The van der Waals surface area contributed by atoms with Gasteiger partial charge in [0, 0.05) is 30.7 Å². The van der Waals surface area contributed by atoms with E-state index in [1.54, 1.807) is 18.2 Å². The number of aliphatic hydroxyl groups is 2. The zero-order valence-corrected chi connectivity index (χ0v) is 19.0. The van der Waals surface area contributed by atoms with E-state index in [9.17, 15) is 23.0 Å². The summed E-state index contributed by atoms with van der Waals surface area (Å²) in [6, 6.07) is 5.68. The topological polar surface area (TPSA) is 104 Å². The second-order valence-corrected chi connectivity index (χ2v) is 9.68. The lowest BCUT2D eigenvalue weighted by atomic mass is 9.97. The molecular weight excluding hydrogens is 421 g/mol. The van der Waals surface area contributed by atoms with Crippen LogP contribution in [0.2, 0.25) is 0 Å². The molecule has 0 fully saturated rings. The second-order valence-electron chi connectivity index (χ2n) is 7.67. The van der Waals surface area contributed by atoms with E-state index in [1.807, 2.05) is 13.8 Å². The summed E-state index contributed by atoms with van der Waals surface area (Å²) in [5, 5.41) is 20.0. The summed E-state index contributed by atoms with van der Waals surface area (Å²) in [5.41, 5.74) is 2.13. The first kappa shape index (κ1) is 24.9. The molecule has 0 aliphatic rings. The Hall–Kier alpha value is -2.36. The summed E-state index contributed by atoms with van der Waals surface area (Å²) in [7, 11) is -2.24. The average Bonchev–Trinajstić information content (AvgIpc) is 2.70. The highest BCUT2D eigenvalue weighted by atomic mass is 32.2. The molecule has 0 saturated carbocycles. The molecule has 9 heteroatoms. The van der Waals surface area contributed by atoms with E-state index in [4.69, 9.17) is 0 Å². The predicted octanol–water partition coefficient (Wildman–Crippen LogP) is 3.15. The maximum atomic E-state index is 13.5. The molecule has 2 rings (SSSR count). The lowest BCUT2D eigenvalue weighted by Crippen LogP contribution is -2.27. The number of sulfonamides is 1. The predicted molar refractivity (Wildman–Crippen MR) is 120 cm³/mol. The summed E-state index contributed by atoms with van der Waals surface area (Å²) in [6.07, 6.45) is 2.98. The summed E-state index contributed by atoms with van der Waals surface area (Å²) < 4.78 is 38.6. The molecule has 0 spiro atoms. The van der Waals surface area contributed by atoms with Crippen LogP contribution >= 0.6 is 0 Å². The maximum Gasteiger partial charge on any atom is 0.239 e. The largest absolute Gasteiger partial charge is 0.396 e. The van der Waals surface area contributed by atoms with Gasteiger partial charge in [-0.15, -0.1) is 0 Å². The van der Waals surface area contributed by atoms with Crippen molar-refractivity contribution in [3.8, 4) is 11.3 Å². The van der Waals surface area contributed by atoms with Gasteiger partial charge < -0.3 is 17.1 Å². The number of nitrogens with zero attached hydrogens (tertiary/aromatic N) is 3. The van der Waals surface area contributed by atoms with Crippen molar-refractivity contribution in [2.75, 3.05) is 17.6 Å². The first-order valence-corrected chi connectivity index (χ1v) is 11.7. The molecule has 1 heterocycles. The molecule has 31 heavy (non-hydrogen) atoms. The molecular formula is C22H29FN3O4S-. The van der Waals surface area contributed by atoms with Crippen LogP contribution in [0.15, 0.2) is 30.3 Å². The molecule has 0 saturated heterocycles. The zero-order chi connectivity index (χ0) is 23.3. The van der Waals surface area contributed by atoms with Crippen molar-refractivity contribution in [1.29, 1.82) is 0 Å². The van der Waals surface area contributed by atoms with Crippen LogP contribution in [0.3, 0.4) is 0 Å². The minimum atomic E-state index is -3.60. The molecule has 2 aromatic rings. The Kier molecular flexibility index (Phi) is 8.27. The molecule has 0 radical (unpaired) electrons. The SMILES string of the molecule is [CH2-]CC(O)CC(O)/C=C/c1c(-c2ccc(F)cc2)nc(N(C)S(C)(=O)=O)nc1C(C)C. The van der Waals surface area contributed by atoms with Gasteiger partial charge >= 0.3 is 0 Å². The van der Waals surface area contributed by atoms with Crippen LogP contribution in [0.1, 0.15) is 43.9 Å². The van der Waals surface area contributed by atoms with Crippen LogP contribution in [0.5, 0.6) is 0 Å². The number of anilines is 1. The standard InChI is InChI=1S/C22H29FN3O4S/c1-6-17(27)13-18(28)11-12-19-20(14(2)3)24-22(26(4)31(5,29)30)25-21(19)15-7-9-16(23)10-8-15/h7-12,14,17-18,27-28H,1,6,13H2,2-5H3/q-1/b12-11+. The van der Waals surface area contributed by atoms with Crippen LogP contribution < -0.4 is 4.31 Å². The van der Waals surface area contributed by atoms with Crippen molar-refractivity contribution >= 4 is 22.0 Å². The fourth-order valence-corrected chi connectivity index (χ4v) is 3.26. The average molecular weight is 451 g/mol. The van der Waals surface area contributed by atoms with E-state index >= 15 is 0 Å². The Morgan fingerprint density at radius 1 is 1.19 bits per heavy atom. The number of rotatable bonds is 9. The van der Waals surface area contributed by atoms with Crippen molar-refractivity contribution in [3.05, 3.63) is 54.3 Å². The van der Waals surface area contributed by atoms with E-state index in [-0.39, 0.29) is 24.7 Å². The highest BCUT2D eigenvalue weighted by molar-refractivity contribution is 7.92. The van der Waals surface area contributed by atoms with E-state index in [0.29, 0.717) is 22.5 Å². The molecule has 0 aliphatic carbocycles. The number of aliphatic hydroxyl groups excluding tert-OH is 2. The van der Waals surface area contributed by atoms with Gasteiger partial charge in [0.05, 0.1) is 23.7 Å². The summed E-state index contributed by atoms with van der Waals surface area (Å²) in [4.78, 5) is 8.92. The van der Waals surface area contributed by atoms with Crippen LogP contribution in [0, 0.1) is 12.7 Å². The van der Waals surface area contributed by atoms with Gasteiger partial charge in [-0.05, 0) is 30.2 Å². The van der Waals surface area contributed by atoms with Gasteiger partial charge in [0.2, 0.25) is 16.0 Å². The maximum absolute atomic E-state index is 13.5. The summed E-state index contributed by atoms with van der Waals surface area (Å²) in [5.74, 6) is -0.517. The van der Waals surface area contributed by atoms with Crippen molar-refractivity contribution < 1.29 is 23.0 Å². The second kappa shape index (κ2) is 10.3. The van der Waals surface area contributed by atoms with Crippen molar-refractivity contribution in [1.82, 2.24) is 9.97 Å². The number of hydrogen-bond donors (Lipinski definition) is 2. The third-order valence-corrected chi connectivity index (χ3v) is 5.90. The first-order chi connectivity index (χ1) is 14.4. The van der Waals surface area contributed by atoms with Gasteiger partial charge in [0.1, 0.15) is 5.82 Å². The molecule has 2 atom stereocenters. The van der Waals surface area contributed by atoms with Crippen molar-refractivity contribution in [3.63, 3.8) is 0 Å². The number of benzene rings is 1. The highest BCUT2D eigenvalue weighted by Gasteiger charge is 2.22. The number of aromatic nitrogens is 2. The van der Waals surface area contributed by atoms with Crippen molar-refractivity contribution in [2.45, 2.75) is 44.8 Å². The highest BCUT2D eigenvalue weighted by Crippen LogP contribution is 2.31. The van der Waals surface area contributed by atoms with Crippen molar-refractivity contribution in [2.24, 2.45) is 0 Å². The molecule has 0 bridgehead atoms. The molecule has 1 aromatic heterocycles. The van der Waals surface area contributed by atoms with Crippen LogP contribution in [-0.2, 0) is 10.0 Å². The third kappa shape index (κ3) is 6.56. The number of halogens is 1. The molecule has 0 amide bonds. The quantitative estimate of drug-likeness (QED) is 0.569. The van der Waals surface area contributed by atoms with Gasteiger partial charge in [-0.2, -0.15) is 6.42 Å². The Balaban J connectivity index is 2.69. The third-order valence-electron chi connectivity index (χ3n) is 4.74. The molecule has 0 aliphatic heterocycles. The summed E-state index contributed by atoms with van der Waals surface area (Å²) >= 11 is 0. The minimum Gasteiger partial charge on any atom is -0.396 e. The van der Waals surface area contributed by atoms with Gasteiger partial charge in [0.25, 0.3) is 0 Å². The van der Waals surface area contributed by atoms with E-state index in [2.05, 4.69) is 16.9 Å². The van der Waals surface area contributed by atoms with Crippen LogP contribution in [0.25, 0.3) is 17.3 Å². The Labute approximate surface area is 183 Å². The number of hydrogen-bond acceptors (Lipinski definition) is 6. The van der Waals surface area contributed by atoms with Gasteiger partial charge in [-0.3, -0.25) is 0 Å². The lowest BCUT2D eigenvalue weighted by Gasteiger charge is -2.20. The van der Waals surface area contributed by atoms with Gasteiger partial charge in [0.15, 0.2) is 0 Å². The molecule has 1 aromatic carbocycles. The molecule has 2 N–H and O–H groups in total. The molecule has 7 nitrogen and oxygen atoms in total. The zero-order valence-electron chi connectivity index (χ0n) is 18.2. The van der Waals surface area contributed by atoms with Crippen LogP contribution in [-0.4, -0.2) is 54.1 Å². The van der Waals surface area contributed by atoms with Gasteiger partial charge in [-0.1, -0.05) is 26.0 Å². The normalized spacial score (nSPS) is 14.2. The fraction of sp³-hybridized carbons (Fsp3) is 0.409. The molecule has 2 unspecified atom stereocenters. The Morgan fingerprint density at radius 3 is 2.32 bits per heavy atom. The lowest BCUT2D eigenvalue weighted by molar-refractivity contribution is 0.106. The smallest absolute Gasteiger partial charge is 0.239 e. The van der Waals surface area contributed by atoms with Gasteiger partial charge in [-0.25, -0.2) is 27.1 Å².